The molecule has 3 nitrogen and oxygen atoms in total. The highest BCUT2D eigenvalue weighted by atomic mass is 16.1. The highest BCUT2D eigenvalue weighted by molar-refractivity contribution is 5.84. The third-order valence-electron chi connectivity index (χ3n) is 4.77. The molecular formula is C15H18O3. The van der Waals surface area contributed by atoms with E-state index in [0.29, 0.717) is 17.1 Å². The van der Waals surface area contributed by atoms with E-state index in [1.807, 2.05) is 6.08 Å². The van der Waals surface area contributed by atoms with Gasteiger partial charge in [-0.25, -0.2) is 0 Å². The van der Waals surface area contributed by atoms with Crippen molar-refractivity contribution in [3.8, 4) is 0 Å². The van der Waals surface area contributed by atoms with Crippen molar-refractivity contribution in [1.29, 1.82) is 0 Å². The summed E-state index contributed by atoms with van der Waals surface area (Å²) in [5.74, 6) is -0.0471. The molecule has 18 heavy (non-hydrogen) atoms. The Labute approximate surface area is 107 Å². The quantitative estimate of drug-likeness (QED) is 0.563. The molecule has 2 aliphatic carbocycles. The van der Waals surface area contributed by atoms with E-state index in [1.54, 1.807) is 0 Å². The molecule has 0 bridgehead atoms. The molecule has 0 aromatic rings. The second-order valence-electron chi connectivity index (χ2n) is 5.89. The molecule has 0 spiro atoms. The second-order valence-corrected chi connectivity index (χ2v) is 5.89. The van der Waals surface area contributed by atoms with E-state index in [1.165, 1.54) is 0 Å². The standard InChI is InChI=1S/C15H18O3/c1-9(6-16)13-11(8-18)10(7-17)4-5-12-14(13)15(12,2)3/h4,6-8,11-14H,1,5H2,2-3H3/t11-,12-,13-,14-/m0/s1. The molecule has 0 N–H and O–H groups in total. The highest BCUT2D eigenvalue weighted by Crippen LogP contribution is 2.67. The van der Waals surface area contributed by atoms with E-state index >= 15 is 0 Å². The smallest absolute Gasteiger partial charge is 0.146 e. The van der Waals surface area contributed by atoms with Gasteiger partial charge in [-0.05, 0) is 34.8 Å². The normalized spacial score (nSPS) is 36.7. The van der Waals surface area contributed by atoms with Crippen LogP contribution in [0.25, 0.3) is 0 Å². The lowest BCUT2D eigenvalue weighted by Crippen LogP contribution is -2.25. The fourth-order valence-corrected chi connectivity index (χ4v) is 3.61. The Bertz CT molecular complexity index is 445. The van der Waals surface area contributed by atoms with Gasteiger partial charge in [0.1, 0.15) is 18.9 Å². The van der Waals surface area contributed by atoms with Crippen LogP contribution in [0.2, 0.25) is 0 Å². The van der Waals surface area contributed by atoms with Gasteiger partial charge in [-0.1, -0.05) is 26.5 Å². The summed E-state index contributed by atoms with van der Waals surface area (Å²) in [6.07, 6.45) is 4.91. The van der Waals surface area contributed by atoms with Crippen molar-refractivity contribution in [2.45, 2.75) is 20.3 Å². The van der Waals surface area contributed by atoms with Crippen LogP contribution in [0.15, 0.2) is 23.8 Å². The summed E-state index contributed by atoms with van der Waals surface area (Å²) in [4.78, 5) is 33.4. The first-order chi connectivity index (χ1) is 8.48. The van der Waals surface area contributed by atoms with E-state index in [2.05, 4.69) is 20.4 Å². The van der Waals surface area contributed by atoms with Crippen LogP contribution < -0.4 is 0 Å². The third kappa shape index (κ3) is 1.69. The fraction of sp³-hybridized carbons (Fsp3) is 0.533. The van der Waals surface area contributed by atoms with Gasteiger partial charge in [-0.3, -0.25) is 9.59 Å². The van der Waals surface area contributed by atoms with Crippen molar-refractivity contribution in [2.75, 3.05) is 0 Å². The molecule has 96 valence electrons. The summed E-state index contributed by atoms with van der Waals surface area (Å²) in [5.41, 5.74) is 1.05. The van der Waals surface area contributed by atoms with Crippen molar-refractivity contribution in [1.82, 2.24) is 0 Å². The average molecular weight is 246 g/mol. The number of carbonyl (C=O) groups excluding carboxylic acids is 3. The molecule has 0 amide bonds. The molecule has 0 aliphatic heterocycles. The van der Waals surface area contributed by atoms with Crippen molar-refractivity contribution in [3.05, 3.63) is 23.8 Å². The molecule has 2 aliphatic rings. The Morgan fingerprint density at radius 1 is 1.39 bits per heavy atom. The zero-order chi connectivity index (χ0) is 13.5. The van der Waals surface area contributed by atoms with Gasteiger partial charge >= 0.3 is 0 Å². The maximum atomic E-state index is 11.3. The summed E-state index contributed by atoms with van der Waals surface area (Å²) >= 11 is 0. The zero-order valence-electron chi connectivity index (χ0n) is 10.8. The zero-order valence-corrected chi connectivity index (χ0v) is 10.8. The first kappa shape index (κ1) is 12.9. The van der Waals surface area contributed by atoms with Crippen LogP contribution in [0, 0.1) is 29.1 Å². The molecule has 1 fully saturated rings. The van der Waals surface area contributed by atoms with Gasteiger partial charge in [0.15, 0.2) is 0 Å². The van der Waals surface area contributed by atoms with Crippen LogP contribution in [0.5, 0.6) is 0 Å². The second kappa shape index (κ2) is 4.30. The van der Waals surface area contributed by atoms with Crippen LogP contribution in [0.1, 0.15) is 20.3 Å². The lowest BCUT2D eigenvalue weighted by Gasteiger charge is -2.23. The molecule has 0 unspecified atom stereocenters. The Kier molecular flexibility index (Phi) is 3.09. The first-order valence-corrected chi connectivity index (χ1v) is 6.23. The van der Waals surface area contributed by atoms with Crippen molar-refractivity contribution in [3.63, 3.8) is 0 Å². The molecule has 0 aromatic heterocycles. The summed E-state index contributed by atoms with van der Waals surface area (Å²) in [6, 6.07) is 0. The number of aldehydes is 3. The van der Waals surface area contributed by atoms with E-state index in [4.69, 9.17) is 0 Å². The summed E-state index contributed by atoms with van der Waals surface area (Å²) in [6.45, 7) is 8.07. The van der Waals surface area contributed by atoms with Crippen LogP contribution >= 0.6 is 0 Å². The lowest BCUT2D eigenvalue weighted by molar-refractivity contribution is -0.114. The summed E-state index contributed by atoms with van der Waals surface area (Å²) in [5, 5.41) is 0. The summed E-state index contributed by atoms with van der Waals surface area (Å²) < 4.78 is 0. The highest BCUT2D eigenvalue weighted by Gasteiger charge is 2.62. The van der Waals surface area contributed by atoms with Gasteiger partial charge in [0.2, 0.25) is 0 Å². The molecule has 2 rings (SSSR count). The molecule has 1 saturated carbocycles. The fourth-order valence-electron chi connectivity index (χ4n) is 3.61. The Morgan fingerprint density at radius 2 is 2.06 bits per heavy atom. The number of hydrogen-bond donors (Lipinski definition) is 0. The molecule has 0 saturated heterocycles. The van der Waals surface area contributed by atoms with E-state index < -0.39 is 5.92 Å². The Balaban J connectivity index is 2.45. The number of fused-ring (bicyclic) bond motifs is 1. The largest absolute Gasteiger partial charge is 0.303 e. The number of allylic oxidation sites excluding steroid dienone is 3. The molecule has 0 aromatic carbocycles. The van der Waals surface area contributed by atoms with E-state index in [0.717, 1.165) is 25.3 Å². The molecule has 4 atom stereocenters. The van der Waals surface area contributed by atoms with Gasteiger partial charge in [0.25, 0.3) is 0 Å². The topological polar surface area (TPSA) is 51.2 Å². The van der Waals surface area contributed by atoms with Gasteiger partial charge in [0.05, 0.1) is 0 Å². The number of rotatable bonds is 4. The van der Waals surface area contributed by atoms with Crippen molar-refractivity contribution < 1.29 is 14.4 Å². The predicted molar refractivity (Wildman–Crippen MR) is 67.8 cm³/mol. The minimum atomic E-state index is -0.517. The maximum Gasteiger partial charge on any atom is 0.146 e. The molecule has 0 heterocycles. The molecule has 3 heteroatoms. The third-order valence-corrected chi connectivity index (χ3v) is 4.77. The molecular weight excluding hydrogens is 228 g/mol. The van der Waals surface area contributed by atoms with Crippen molar-refractivity contribution >= 4 is 18.9 Å². The van der Waals surface area contributed by atoms with Gasteiger partial charge in [0, 0.05) is 11.8 Å². The number of carbonyl (C=O) groups is 3. The minimum Gasteiger partial charge on any atom is -0.303 e. The molecule has 0 radical (unpaired) electrons. The van der Waals surface area contributed by atoms with Crippen LogP contribution in [0.4, 0.5) is 0 Å². The Morgan fingerprint density at radius 3 is 2.56 bits per heavy atom. The summed E-state index contributed by atoms with van der Waals surface area (Å²) in [7, 11) is 0. The lowest BCUT2D eigenvalue weighted by atomic mass is 9.78. The average Bonchev–Trinajstić information content (AvgIpc) is 2.95. The van der Waals surface area contributed by atoms with Gasteiger partial charge < -0.3 is 4.79 Å². The Hall–Kier alpha value is -1.51. The van der Waals surface area contributed by atoms with Gasteiger partial charge in [-0.15, -0.1) is 0 Å². The predicted octanol–water partition coefficient (Wildman–Crippen LogP) is 1.97. The maximum absolute atomic E-state index is 11.3. The van der Waals surface area contributed by atoms with Crippen LogP contribution in [-0.2, 0) is 14.4 Å². The van der Waals surface area contributed by atoms with Crippen LogP contribution in [0.3, 0.4) is 0 Å². The number of hydrogen-bond acceptors (Lipinski definition) is 3. The van der Waals surface area contributed by atoms with E-state index in [9.17, 15) is 14.4 Å². The van der Waals surface area contributed by atoms with Gasteiger partial charge in [-0.2, -0.15) is 0 Å². The SMILES string of the molecule is C=C(C=O)[C@@H]1[C@@H]2[C@H](CC=C(C=O)[C@@H]1C=O)C2(C)C. The first-order valence-electron chi connectivity index (χ1n) is 6.23. The van der Waals surface area contributed by atoms with Crippen molar-refractivity contribution in [2.24, 2.45) is 29.1 Å². The van der Waals surface area contributed by atoms with E-state index in [-0.39, 0.29) is 17.3 Å². The van der Waals surface area contributed by atoms with Crippen LogP contribution in [-0.4, -0.2) is 18.9 Å². The minimum absolute atomic E-state index is 0.114. The monoisotopic (exact) mass is 246 g/mol.